The molecule has 2 amide bonds. The van der Waals surface area contributed by atoms with Gasteiger partial charge in [-0.2, -0.15) is 0 Å². The second kappa shape index (κ2) is 6.71. The molecule has 0 aliphatic carbocycles. The zero-order valence-electron chi connectivity index (χ0n) is 13.5. The van der Waals surface area contributed by atoms with E-state index in [0.717, 1.165) is 12.8 Å². The van der Waals surface area contributed by atoms with E-state index >= 15 is 0 Å². The molecule has 2 heterocycles. The molecule has 0 bridgehead atoms. The van der Waals surface area contributed by atoms with Crippen LogP contribution in [0.5, 0.6) is 0 Å². The fourth-order valence-electron chi connectivity index (χ4n) is 2.62. The predicted molar refractivity (Wildman–Crippen MR) is 86.6 cm³/mol. The van der Waals surface area contributed by atoms with Crippen LogP contribution in [0.15, 0.2) is 23.0 Å². The Balaban J connectivity index is 1.74. The lowest BCUT2D eigenvalue weighted by Gasteiger charge is -2.08. The highest BCUT2D eigenvalue weighted by Gasteiger charge is 2.17. The van der Waals surface area contributed by atoms with Gasteiger partial charge < -0.3 is 4.74 Å². The second-order valence-electron chi connectivity index (χ2n) is 5.63. The third-order valence-electron chi connectivity index (χ3n) is 3.76. The fourth-order valence-corrected chi connectivity index (χ4v) is 2.62. The van der Waals surface area contributed by atoms with E-state index in [1.165, 1.54) is 25.1 Å². The van der Waals surface area contributed by atoms with Gasteiger partial charge in [0.2, 0.25) is 5.91 Å². The first-order valence-corrected chi connectivity index (χ1v) is 7.72. The van der Waals surface area contributed by atoms with Crippen molar-refractivity contribution < 1.29 is 19.1 Å². The number of nitrogens with zero attached hydrogens (tertiary/aromatic N) is 2. The van der Waals surface area contributed by atoms with Crippen LogP contribution in [0.25, 0.3) is 10.9 Å². The summed E-state index contributed by atoms with van der Waals surface area (Å²) >= 11 is 0. The summed E-state index contributed by atoms with van der Waals surface area (Å²) in [6.07, 6.45) is 1.60. The van der Waals surface area contributed by atoms with Crippen LogP contribution in [0.3, 0.4) is 0 Å². The van der Waals surface area contributed by atoms with Gasteiger partial charge in [0.05, 0.1) is 16.5 Å². The standard InChI is InChI=1S/C16H16N4O5/c1-9(21)18-19-14(22)8-25-16(24)10-4-5-11-12(7-10)17-13-3-2-6-20(13)15(11)23/h4-5,7H,2-3,6,8H2,1H3,(H,18,21)(H,19,22). The van der Waals surface area contributed by atoms with Gasteiger partial charge in [0.1, 0.15) is 5.82 Å². The Labute approximate surface area is 142 Å². The highest BCUT2D eigenvalue weighted by Crippen LogP contribution is 2.16. The van der Waals surface area contributed by atoms with Crippen molar-refractivity contribution in [3.8, 4) is 0 Å². The molecule has 1 aliphatic heterocycles. The number of benzene rings is 1. The number of ether oxygens (including phenoxy) is 1. The number of hydrazine groups is 1. The molecule has 9 nitrogen and oxygen atoms in total. The van der Waals surface area contributed by atoms with Gasteiger partial charge in [0.25, 0.3) is 11.5 Å². The molecule has 0 spiro atoms. The SMILES string of the molecule is CC(=O)NNC(=O)COC(=O)c1ccc2c(=O)n3c(nc2c1)CCC3. The Hall–Kier alpha value is -3.23. The first-order chi connectivity index (χ1) is 12.0. The third-order valence-corrected chi connectivity index (χ3v) is 3.76. The maximum atomic E-state index is 12.4. The molecule has 2 aromatic rings. The van der Waals surface area contributed by atoms with Crippen LogP contribution in [-0.2, 0) is 27.3 Å². The lowest BCUT2D eigenvalue weighted by atomic mass is 10.1. The highest BCUT2D eigenvalue weighted by molar-refractivity contribution is 5.95. The molecule has 9 heteroatoms. The Kier molecular flexibility index (Phi) is 4.46. The first-order valence-electron chi connectivity index (χ1n) is 7.72. The molecule has 0 fully saturated rings. The van der Waals surface area contributed by atoms with Gasteiger partial charge in [-0.15, -0.1) is 0 Å². The Morgan fingerprint density at radius 2 is 2.08 bits per heavy atom. The Bertz CT molecular complexity index is 934. The van der Waals surface area contributed by atoms with Gasteiger partial charge in [-0.3, -0.25) is 29.8 Å². The van der Waals surface area contributed by atoms with Gasteiger partial charge in [-0.1, -0.05) is 0 Å². The number of amides is 2. The molecule has 1 aromatic heterocycles. The van der Waals surface area contributed by atoms with E-state index in [2.05, 4.69) is 15.8 Å². The van der Waals surface area contributed by atoms with Crippen LogP contribution in [0.4, 0.5) is 0 Å². The molecule has 0 radical (unpaired) electrons. The van der Waals surface area contributed by atoms with E-state index in [0.29, 0.717) is 23.3 Å². The summed E-state index contributed by atoms with van der Waals surface area (Å²) in [6, 6.07) is 4.47. The maximum Gasteiger partial charge on any atom is 0.338 e. The van der Waals surface area contributed by atoms with Crippen LogP contribution >= 0.6 is 0 Å². The summed E-state index contributed by atoms with van der Waals surface area (Å²) < 4.78 is 6.53. The topological polar surface area (TPSA) is 119 Å². The van der Waals surface area contributed by atoms with Gasteiger partial charge in [-0.25, -0.2) is 9.78 Å². The van der Waals surface area contributed by atoms with Crippen LogP contribution in [0, 0.1) is 0 Å². The van der Waals surface area contributed by atoms with Crippen LogP contribution in [0.2, 0.25) is 0 Å². The van der Waals surface area contributed by atoms with Crippen LogP contribution < -0.4 is 16.4 Å². The number of fused-ring (bicyclic) bond motifs is 2. The third kappa shape index (κ3) is 3.49. The molecule has 0 saturated carbocycles. The second-order valence-corrected chi connectivity index (χ2v) is 5.63. The minimum atomic E-state index is -0.720. The number of carbonyl (C=O) groups is 3. The van der Waals surface area contributed by atoms with Crippen molar-refractivity contribution in [2.45, 2.75) is 26.3 Å². The molecular weight excluding hydrogens is 328 g/mol. The van der Waals surface area contributed by atoms with Crippen molar-refractivity contribution in [1.29, 1.82) is 0 Å². The minimum Gasteiger partial charge on any atom is -0.452 e. The summed E-state index contributed by atoms with van der Waals surface area (Å²) in [6.45, 7) is 1.34. The smallest absolute Gasteiger partial charge is 0.338 e. The molecular formula is C16H16N4O5. The largest absolute Gasteiger partial charge is 0.452 e. The molecule has 1 aromatic carbocycles. The van der Waals surface area contributed by atoms with Crippen molar-refractivity contribution >= 4 is 28.7 Å². The highest BCUT2D eigenvalue weighted by atomic mass is 16.5. The van der Waals surface area contributed by atoms with Crippen LogP contribution in [0.1, 0.15) is 29.5 Å². The average molecular weight is 344 g/mol. The number of aryl methyl sites for hydroxylation is 1. The molecule has 1 aliphatic rings. The van der Waals surface area contributed by atoms with Gasteiger partial charge >= 0.3 is 5.97 Å². The average Bonchev–Trinajstić information content (AvgIpc) is 3.06. The number of hydrogen-bond donors (Lipinski definition) is 2. The zero-order valence-corrected chi connectivity index (χ0v) is 13.5. The minimum absolute atomic E-state index is 0.118. The lowest BCUT2D eigenvalue weighted by Crippen LogP contribution is -2.42. The zero-order chi connectivity index (χ0) is 18.0. The number of carbonyl (C=O) groups excluding carboxylic acids is 3. The van der Waals surface area contributed by atoms with Crippen LogP contribution in [-0.4, -0.2) is 33.9 Å². The van der Waals surface area contributed by atoms with E-state index in [1.807, 2.05) is 0 Å². The van der Waals surface area contributed by atoms with Crippen molar-refractivity contribution in [2.75, 3.05) is 6.61 Å². The fraction of sp³-hybridized carbons (Fsp3) is 0.312. The summed E-state index contributed by atoms with van der Waals surface area (Å²) in [4.78, 5) is 50.9. The predicted octanol–water partition coefficient (Wildman–Crippen LogP) is -0.333. The van der Waals surface area contributed by atoms with Crippen molar-refractivity contribution in [3.05, 3.63) is 39.9 Å². The van der Waals surface area contributed by atoms with Gasteiger partial charge in [-0.05, 0) is 24.6 Å². The molecule has 2 N–H and O–H groups in total. The quantitative estimate of drug-likeness (QED) is 0.581. The van der Waals surface area contributed by atoms with E-state index in [1.54, 1.807) is 4.57 Å². The van der Waals surface area contributed by atoms with Crippen molar-refractivity contribution in [3.63, 3.8) is 0 Å². The summed E-state index contributed by atoms with van der Waals surface area (Å²) in [7, 11) is 0. The molecule has 130 valence electrons. The number of nitrogens with one attached hydrogen (secondary N) is 2. The maximum absolute atomic E-state index is 12.4. The van der Waals surface area contributed by atoms with Gasteiger partial charge in [0, 0.05) is 19.9 Å². The molecule has 3 rings (SSSR count). The molecule has 0 saturated heterocycles. The number of aromatic nitrogens is 2. The summed E-state index contributed by atoms with van der Waals surface area (Å²) in [5.41, 5.74) is 4.67. The Morgan fingerprint density at radius 3 is 2.84 bits per heavy atom. The van der Waals surface area contributed by atoms with Gasteiger partial charge in [0.15, 0.2) is 6.61 Å². The number of esters is 1. The summed E-state index contributed by atoms with van der Waals surface area (Å²) in [5, 5.41) is 0.436. The Morgan fingerprint density at radius 1 is 1.28 bits per heavy atom. The first kappa shape index (κ1) is 16.6. The van der Waals surface area contributed by atoms with E-state index in [-0.39, 0.29) is 11.1 Å². The van der Waals surface area contributed by atoms with Crippen molar-refractivity contribution in [2.24, 2.45) is 0 Å². The van der Waals surface area contributed by atoms with E-state index in [9.17, 15) is 19.2 Å². The summed E-state index contributed by atoms with van der Waals surface area (Å²) in [5.74, 6) is -1.13. The molecule has 0 atom stereocenters. The molecule has 25 heavy (non-hydrogen) atoms. The number of hydrogen-bond acceptors (Lipinski definition) is 6. The van der Waals surface area contributed by atoms with E-state index in [4.69, 9.17) is 4.74 Å². The van der Waals surface area contributed by atoms with Crippen molar-refractivity contribution in [1.82, 2.24) is 20.4 Å². The number of rotatable bonds is 3. The van der Waals surface area contributed by atoms with E-state index < -0.39 is 24.4 Å². The molecule has 0 unspecified atom stereocenters. The lowest BCUT2D eigenvalue weighted by molar-refractivity contribution is -0.129. The monoisotopic (exact) mass is 344 g/mol. The normalized spacial score (nSPS) is 12.5.